The first-order valence-corrected chi connectivity index (χ1v) is 5.56. The second-order valence-corrected chi connectivity index (χ2v) is 3.96. The second kappa shape index (κ2) is 6.94. The molecule has 12 nitrogen and oxygen atoms in total. The van der Waals surface area contributed by atoms with Gasteiger partial charge in [-0.1, -0.05) is 0 Å². The Morgan fingerprint density at radius 1 is 1.19 bits per heavy atom. The van der Waals surface area contributed by atoms with E-state index in [4.69, 9.17) is 14.9 Å². The van der Waals surface area contributed by atoms with Crippen LogP contribution in [0.2, 0.25) is 0 Å². The Kier molecular flexibility index (Phi) is 5.54. The van der Waals surface area contributed by atoms with Gasteiger partial charge >= 0.3 is 16.9 Å². The van der Waals surface area contributed by atoms with E-state index in [1.54, 1.807) is 4.98 Å². The first-order valence-electron chi connectivity index (χ1n) is 5.56. The molecule has 1 aromatic heterocycles. The maximum Gasteiger partial charge on any atom is 0.393 e. The van der Waals surface area contributed by atoms with Gasteiger partial charge in [0.2, 0.25) is 0 Å². The normalized spacial score (nSPS) is 15.2. The monoisotopic (exact) mass is 307 g/mol. The summed E-state index contributed by atoms with van der Waals surface area (Å²) in [6, 6.07) is 0. The first kappa shape index (κ1) is 16.8. The predicted octanol–water partition coefficient (Wildman–Crippen LogP) is -3.57. The Bertz CT molecular complexity index is 609. The molecule has 3 atom stereocenters. The molecule has 0 saturated carbocycles. The Hall–Kier alpha value is -2.28. The summed E-state index contributed by atoms with van der Waals surface area (Å²) in [6.45, 7) is -1.61. The lowest BCUT2D eigenvalue weighted by Gasteiger charge is -2.21. The van der Waals surface area contributed by atoms with E-state index in [1.807, 2.05) is 4.98 Å². The number of aliphatic hydroxyl groups excluding tert-OH is 4. The molecule has 0 aliphatic rings. The smallest absolute Gasteiger partial charge is 0.393 e. The second-order valence-electron chi connectivity index (χ2n) is 3.96. The van der Waals surface area contributed by atoms with E-state index in [2.05, 4.69) is 0 Å². The van der Waals surface area contributed by atoms with Crippen molar-refractivity contribution < 1.29 is 30.1 Å². The molecule has 0 radical (unpaired) electrons. The Morgan fingerprint density at radius 3 is 2.33 bits per heavy atom. The Morgan fingerprint density at radius 2 is 1.81 bits per heavy atom. The lowest BCUT2D eigenvalue weighted by Crippen LogP contribution is -2.42. The van der Waals surface area contributed by atoms with Crippen molar-refractivity contribution in [1.82, 2.24) is 9.97 Å². The van der Waals surface area contributed by atoms with Crippen LogP contribution in [0.3, 0.4) is 0 Å². The molecule has 12 heteroatoms. The summed E-state index contributed by atoms with van der Waals surface area (Å²) in [5.74, 6) is -0.807. The zero-order valence-corrected chi connectivity index (χ0v) is 10.4. The van der Waals surface area contributed by atoms with Gasteiger partial charge in [0.1, 0.15) is 24.9 Å². The van der Waals surface area contributed by atoms with E-state index in [9.17, 15) is 29.9 Å². The summed E-state index contributed by atoms with van der Waals surface area (Å²) in [5.41, 5.74) is -3.45. The standard InChI is InChI=1S/C9H13N3O9/c13-1-3(14)6(16)4(15)2-21-8-5(12(19)20)7(17)10-9(18)11-8/h3-4,6,13-16H,1-2H2,(H2,10,11,17,18)/t3-,4+,6-/m1/s1. The fraction of sp³-hybridized carbons (Fsp3) is 0.556. The maximum absolute atomic E-state index is 11.3. The van der Waals surface area contributed by atoms with Crippen molar-refractivity contribution in [2.24, 2.45) is 0 Å². The van der Waals surface area contributed by atoms with Gasteiger partial charge in [-0.05, 0) is 0 Å². The molecule has 1 aromatic rings. The van der Waals surface area contributed by atoms with Crippen LogP contribution in [0.1, 0.15) is 0 Å². The summed E-state index contributed by atoms with van der Waals surface area (Å²) in [4.78, 5) is 35.3. The third kappa shape index (κ3) is 4.09. The van der Waals surface area contributed by atoms with E-state index in [1.165, 1.54) is 0 Å². The molecule has 0 saturated heterocycles. The first-order chi connectivity index (χ1) is 9.77. The molecule has 0 aliphatic heterocycles. The number of ether oxygens (including phenoxy) is 1. The van der Waals surface area contributed by atoms with Gasteiger partial charge in [-0.25, -0.2) is 4.79 Å². The highest BCUT2D eigenvalue weighted by Gasteiger charge is 2.27. The highest BCUT2D eigenvalue weighted by atomic mass is 16.6. The highest BCUT2D eigenvalue weighted by Crippen LogP contribution is 2.17. The molecular weight excluding hydrogens is 294 g/mol. The van der Waals surface area contributed by atoms with Crippen LogP contribution in [-0.4, -0.2) is 66.8 Å². The average Bonchev–Trinajstić information content (AvgIpc) is 2.41. The van der Waals surface area contributed by atoms with Crippen molar-refractivity contribution in [1.29, 1.82) is 0 Å². The molecule has 0 aromatic carbocycles. The zero-order chi connectivity index (χ0) is 16.2. The lowest BCUT2D eigenvalue weighted by atomic mass is 10.1. The summed E-state index contributed by atoms with van der Waals surface area (Å²) >= 11 is 0. The summed E-state index contributed by atoms with van der Waals surface area (Å²) in [6.07, 6.45) is -5.17. The minimum atomic E-state index is -1.79. The van der Waals surface area contributed by atoms with Gasteiger partial charge < -0.3 is 25.2 Å². The van der Waals surface area contributed by atoms with Crippen molar-refractivity contribution in [3.8, 4) is 5.88 Å². The molecule has 21 heavy (non-hydrogen) atoms. The zero-order valence-electron chi connectivity index (χ0n) is 10.4. The van der Waals surface area contributed by atoms with Gasteiger partial charge in [0.25, 0.3) is 5.88 Å². The minimum absolute atomic E-state index is 0.779. The SMILES string of the molecule is O=c1[nH]c(OC[C@H](O)[C@H](O)[C@H](O)CO)c([N+](=O)[O-])c(=O)[nH]1. The number of H-pyrrole nitrogens is 2. The van der Waals surface area contributed by atoms with Crippen molar-refractivity contribution in [2.75, 3.05) is 13.2 Å². The van der Waals surface area contributed by atoms with Gasteiger partial charge in [-0.2, -0.15) is 0 Å². The van der Waals surface area contributed by atoms with Gasteiger partial charge in [-0.3, -0.25) is 24.9 Å². The molecule has 0 fully saturated rings. The largest absolute Gasteiger partial charge is 0.471 e. The van der Waals surface area contributed by atoms with Crippen molar-refractivity contribution >= 4 is 5.69 Å². The number of aromatic amines is 2. The molecule has 1 heterocycles. The maximum atomic E-state index is 11.3. The molecule has 0 bridgehead atoms. The van der Waals surface area contributed by atoms with Crippen LogP contribution < -0.4 is 16.0 Å². The van der Waals surface area contributed by atoms with Gasteiger partial charge in [0, 0.05) is 0 Å². The van der Waals surface area contributed by atoms with Crippen LogP contribution in [0, 0.1) is 10.1 Å². The van der Waals surface area contributed by atoms with E-state index >= 15 is 0 Å². The summed E-state index contributed by atoms with van der Waals surface area (Å²) in [5, 5.41) is 47.2. The van der Waals surface area contributed by atoms with Gasteiger partial charge in [0.05, 0.1) is 11.5 Å². The van der Waals surface area contributed by atoms with Gasteiger partial charge in [-0.15, -0.1) is 0 Å². The van der Waals surface area contributed by atoms with E-state index in [0.29, 0.717) is 0 Å². The molecule has 1 rings (SSSR count). The van der Waals surface area contributed by atoms with Crippen LogP contribution >= 0.6 is 0 Å². The fourth-order valence-electron chi connectivity index (χ4n) is 1.36. The molecule has 6 N–H and O–H groups in total. The van der Waals surface area contributed by atoms with Crippen LogP contribution in [0.5, 0.6) is 5.88 Å². The Labute approximate surface area is 115 Å². The van der Waals surface area contributed by atoms with Crippen molar-refractivity contribution in [3.63, 3.8) is 0 Å². The molecular formula is C9H13N3O9. The fourth-order valence-corrected chi connectivity index (χ4v) is 1.36. The van der Waals surface area contributed by atoms with Gasteiger partial charge in [0.15, 0.2) is 0 Å². The number of nitro groups is 1. The average molecular weight is 307 g/mol. The number of nitrogens with zero attached hydrogens (tertiary/aromatic N) is 1. The summed E-state index contributed by atoms with van der Waals surface area (Å²) < 4.78 is 4.72. The number of nitrogens with one attached hydrogen (secondary N) is 2. The van der Waals surface area contributed by atoms with Crippen LogP contribution in [0.25, 0.3) is 0 Å². The number of hydrogen-bond donors (Lipinski definition) is 6. The predicted molar refractivity (Wildman–Crippen MR) is 64.9 cm³/mol. The third-order valence-electron chi connectivity index (χ3n) is 2.44. The topological polar surface area (TPSA) is 199 Å². The quantitative estimate of drug-likeness (QED) is 0.218. The number of rotatable bonds is 7. The Balaban J connectivity index is 2.92. The minimum Gasteiger partial charge on any atom is -0.471 e. The molecule has 0 amide bonds. The van der Waals surface area contributed by atoms with Crippen molar-refractivity contribution in [3.05, 3.63) is 31.0 Å². The molecule has 118 valence electrons. The van der Waals surface area contributed by atoms with Crippen LogP contribution in [0.4, 0.5) is 5.69 Å². The van der Waals surface area contributed by atoms with E-state index < -0.39 is 59.3 Å². The number of aliphatic hydroxyl groups is 4. The van der Waals surface area contributed by atoms with E-state index in [-0.39, 0.29) is 0 Å². The lowest BCUT2D eigenvalue weighted by molar-refractivity contribution is -0.387. The molecule has 0 spiro atoms. The van der Waals surface area contributed by atoms with Crippen LogP contribution in [0.15, 0.2) is 9.59 Å². The molecule has 0 unspecified atom stereocenters. The molecule has 0 aliphatic carbocycles. The number of hydrogen-bond acceptors (Lipinski definition) is 9. The van der Waals surface area contributed by atoms with Crippen LogP contribution in [-0.2, 0) is 0 Å². The van der Waals surface area contributed by atoms with Crippen molar-refractivity contribution in [2.45, 2.75) is 18.3 Å². The van der Waals surface area contributed by atoms with E-state index in [0.717, 1.165) is 0 Å². The third-order valence-corrected chi connectivity index (χ3v) is 2.44. The summed E-state index contributed by atoms with van der Waals surface area (Å²) in [7, 11) is 0. The highest BCUT2D eigenvalue weighted by molar-refractivity contribution is 5.37. The number of aromatic nitrogens is 2.